The lowest BCUT2D eigenvalue weighted by atomic mass is 10.3. The van der Waals surface area contributed by atoms with Crippen LogP contribution in [0.5, 0.6) is 0 Å². The van der Waals surface area contributed by atoms with Crippen LogP contribution in [0.2, 0.25) is 0 Å². The van der Waals surface area contributed by atoms with Crippen molar-refractivity contribution in [3.05, 3.63) is 11.1 Å². The van der Waals surface area contributed by atoms with Crippen molar-refractivity contribution in [3.63, 3.8) is 0 Å². The van der Waals surface area contributed by atoms with Crippen molar-refractivity contribution in [2.24, 2.45) is 0 Å². The summed E-state index contributed by atoms with van der Waals surface area (Å²) in [7, 11) is 1.76. The van der Waals surface area contributed by atoms with Crippen LogP contribution in [0.1, 0.15) is 24.6 Å². The molecule has 1 rings (SSSR count). The standard InChI is InChI=1S/C9H13F3N2S/c1-3-4-5-14(2)8-13-6-7(15-8)9(10,11)12/h6H,3-5H2,1-2H3. The van der Waals surface area contributed by atoms with E-state index in [0.29, 0.717) is 16.5 Å². The van der Waals surface area contributed by atoms with E-state index >= 15 is 0 Å². The van der Waals surface area contributed by atoms with Crippen LogP contribution in [0.15, 0.2) is 6.20 Å². The molecule has 0 fully saturated rings. The van der Waals surface area contributed by atoms with Gasteiger partial charge in [-0.1, -0.05) is 24.7 Å². The molecular weight excluding hydrogens is 225 g/mol. The Labute approximate surface area is 90.7 Å². The Morgan fingerprint density at radius 1 is 1.47 bits per heavy atom. The predicted octanol–water partition coefficient (Wildman–Crippen LogP) is 3.40. The van der Waals surface area contributed by atoms with Crippen molar-refractivity contribution in [1.82, 2.24) is 4.98 Å². The van der Waals surface area contributed by atoms with E-state index in [1.807, 2.05) is 6.92 Å². The third kappa shape index (κ3) is 3.37. The molecule has 15 heavy (non-hydrogen) atoms. The van der Waals surface area contributed by atoms with E-state index in [0.717, 1.165) is 25.6 Å². The summed E-state index contributed by atoms with van der Waals surface area (Å²) < 4.78 is 36.8. The third-order valence-corrected chi connectivity index (χ3v) is 3.10. The molecule has 0 aromatic carbocycles. The first-order chi connectivity index (χ1) is 6.95. The van der Waals surface area contributed by atoms with E-state index in [1.165, 1.54) is 0 Å². The average Bonchev–Trinajstić information content (AvgIpc) is 2.62. The first-order valence-electron chi connectivity index (χ1n) is 4.69. The van der Waals surface area contributed by atoms with Gasteiger partial charge in [0.2, 0.25) is 0 Å². The highest BCUT2D eigenvalue weighted by Crippen LogP contribution is 2.35. The molecule has 0 radical (unpaired) electrons. The van der Waals surface area contributed by atoms with Crippen molar-refractivity contribution in [2.45, 2.75) is 25.9 Å². The highest BCUT2D eigenvalue weighted by atomic mass is 32.1. The molecule has 0 saturated heterocycles. The van der Waals surface area contributed by atoms with E-state index in [4.69, 9.17) is 0 Å². The molecule has 0 unspecified atom stereocenters. The van der Waals surface area contributed by atoms with Gasteiger partial charge in [0.25, 0.3) is 0 Å². The van der Waals surface area contributed by atoms with E-state index in [-0.39, 0.29) is 0 Å². The molecule has 0 bridgehead atoms. The Balaban J connectivity index is 2.67. The van der Waals surface area contributed by atoms with Gasteiger partial charge in [0.15, 0.2) is 5.13 Å². The minimum atomic E-state index is -4.28. The van der Waals surface area contributed by atoms with Crippen LogP contribution in [0.4, 0.5) is 18.3 Å². The Morgan fingerprint density at radius 2 is 2.13 bits per heavy atom. The molecule has 0 aliphatic heterocycles. The average molecular weight is 238 g/mol. The quantitative estimate of drug-likeness (QED) is 0.799. The summed E-state index contributed by atoms with van der Waals surface area (Å²) in [6.45, 7) is 2.78. The maximum atomic E-state index is 12.3. The van der Waals surface area contributed by atoms with E-state index in [9.17, 15) is 13.2 Å². The fourth-order valence-corrected chi connectivity index (χ4v) is 1.83. The Morgan fingerprint density at radius 3 is 2.60 bits per heavy atom. The smallest absolute Gasteiger partial charge is 0.351 e. The summed E-state index contributed by atoms with van der Waals surface area (Å²) in [5, 5.41) is 0.427. The zero-order chi connectivity index (χ0) is 11.5. The number of halogens is 3. The molecule has 1 heterocycles. The molecule has 86 valence electrons. The van der Waals surface area contributed by atoms with Crippen molar-refractivity contribution < 1.29 is 13.2 Å². The van der Waals surface area contributed by atoms with Gasteiger partial charge < -0.3 is 4.90 Å². The maximum absolute atomic E-state index is 12.3. The number of thiazole rings is 1. The van der Waals surface area contributed by atoms with Crippen LogP contribution >= 0.6 is 11.3 Å². The summed E-state index contributed by atoms with van der Waals surface area (Å²) in [5.41, 5.74) is 0. The number of aromatic nitrogens is 1. The van der Waals surface area contributed by atoms with Gasteiger partial charge in [-0.05, 0) is 6.42 Å². The van der Waals surface area contributed by atoms with Gasteiger partial charge in [0.05, 0.1) is 6.20 Å². The molecule has 0 aliphatic carbocycles. The van der Waals surface area contributed by atoms with Gasteiger partial charge in [0.1, 0.15) is 4.88 Å². The Hall–Kier alpha value is -0.780. The Kier molecular flexibility index (Phi) is 3.96. The molecule has 1 aromatic heterocycles. The van der Waals surface area contributed by atoms with Crippen LogP contribution in [0, 0.1) is 0 Å². The number of hydrogen-bond acceptors (Lipinski definition) is 3. The normalized spacial score (nSPS) is 11.8. The van der Waals surface area contributed by atoms with Crippen LogP contribution in [-0.4, -0.2) is 18.6 Å². The fraction of sp³-hybridized carbons (Fsp3) is 0.667. The molecule has 0 aliphatic rings. The van der Waals surface area contributed by atoms with Crippen LogP contribution in [-0.2, 0) is 6.18 Å². The van der Waals surface area contributed by atoms with Crippen LogP contribution in [0.25, 0.3) is 0 Å². The van der Waals surface area contributed by atoms with E-state index in [2.05, 4.69) is 4.98 Å². The van der Waals surface area contributed by atoms with Gasteiger partial charge in [-0.2, -0.15) is 13.2 Å². The second-order valence-electron chi connectivity index (χ2n) is 3.28. The second-order valence-corrected chi connectivity index (χ2v) is 4.29. The lowest BCUT2D eigenvalue weighted by Crippen LogP contribution is -2.17. The van der Waals surface area contributed by atoms with Crippen molar-refractivity contribution in [2.75, 3.05) is 18.5 Å². The van der Waals surface area contributed by atoms with Gasteiger partial charge in [-0.3, -0.25) is 0 Å². The van der Waals surface area contributed by atoms with Gasteiger partial charge in [-0.25, -0.2) is 4.98 Å². The number of alkyl halides is 3. The topological polar surface area (TPSA) is 16.1 Å². The first kappa shape index (κ1) is 12.3. The number of rotatable bonds is 4. The number of anilines is 1. The maximum Gasteiger partial charge on any atom is 0.427 e. The molecule has 1 aromatic rings. The van der Waals surface area contributed by atoms with Crippen molar-refractivity contribution in [1.29, 1.82) is 0 Å². The summed E-state index contributed by atoms with van der Waals surface area (Å²) in [6, 6.07) is 0. The number of hydrogen-bond donors (Lipinski definition) is 0. The summed E-state index contributed by atoms with van der Waals surface area (Å²) in [6.07, 6.45) is -1.41. The van der Waals surface area contributed by atoms with Gasteiger partial charge in [0, 0.05) is 13.6 Å². The molecule has 0 N–H and O–H groups in total. The Bertz CT molecular complexity index is 309. The van der Waals surface area contributed by atoms with Crippen molar-refractivity contribution in [3.8, 4) is 0 Å². The molecule has 0 saturated carbocycles. The van der Waals surface area contributed by atoms with Crippen LogP contribution in [0.3, 0.4) is 0 Å². The zero-order valence-corrected chi connectivity index (χ0v) is 9.45. The lowest BCUT2D eigenvalue weighted by molar-refractivity contribution is -0.134. The minimum Gasteiger partial charge on any atom is -0.351 e. The van der Waals surface area contributed by atoms with E-state index in [1.54, 1.807) is 11.9 Å². The molecule has 2 nitrogen and oxygen atoms in total. The van der Waals surface area contributed by atoms with Gasteiger partial charge in [-0.15, -0.1) is 0 Å². The summed E-state index contributed by atoms with van der Waals surface area (Å²) in [5.74, 6) is 0. The monoisotopic (exact) mass is 238 g/mol. The summed E-state index contributed by atoms with van der Waals surface area (Å²) >= 11 is 0.688. The predicted molar refractivity (Wildman–Crippen MR) is 55.3 cm³/mol. The first-order valence-corrected chi connectivity index (χ1v) is 5.51. The number of nitrogens with zero attached hydrogens (tertiary/aromatic N) is 2. The van der Waals surface area contributed by atoms with Crippen LogP contribution < -0.4 is 4.90 Å². The van der Waals surface area contributed by atoms with Gasteiger partial charge >= 0.3 is 6.18 Å². The molecule has 0 spiro atoms. The molecule has 6 heteroatoms. The second kappa shape index (κ2) is 4.83. The highest BCUT2D eigenvalue weighted by molar-refractivity contribution is 7.15. The van der Waals surface area contributed by atoms with Crippen molar-refractivity contribution >= 4 is 16.5 Å². The highest BCUT2D eigenvalue weighted by Gasteiger charge is 2.33. The lowest BCUT2D eigenvalue weighted by Gasteiger charge is -2.14. The van der Waals surface area contributed by atoms with E-state index < -0.39 is 11.1 Å². The zero-order valence-electron chi connectivity index (χ0n) is 8.64. The molecule has 0 atom stereocenters. The molecule has 0 amide bonds. The minimum absolute atomic E-state index is 0.427. The summed E-state index contributed by atoms with van der Waals surface area (Å²) in [4.78, 5) is 4.88. The molecular formula is C9H13F3N2S. The number of unbranched alkanes of at least 4 members (excludes halogenated alkanes) is 1. The third-order valence-electron chi connectivity index (χ3n) is 1.95. The SMILES string of the molecule is CCCCN(C)c1ncc(C(F)(F)F)s1. The largest absolute Gasteiger partial charge is 0.427 e. The fourth-order valence-electron chi connectivity index (χ4n) is 1.06.